The predicted molar refractivity (Wildman–Crippen MR) is 82.9 cm³/mol. The third kappa shape index (κ3) is 3.93. The number of hydrogen-bond acceptors (Lipinski definition) is 3. The van der Waals surface area contributed by atoms with Gasteiger partial charge in [0, 0.05) is 29.8 Å². The Labute approximate surface area is 136 Å². The largest absolute Gasteiger partial charge is 0.419 e. The predicted octanol–water partition coefficient (Wildman–Crippen LogP) is 3.83. The third-order valence-corrected chi connectivity index (χ3v) is 4.76. The van der Waals surface area contributed by atoms with Crippen LogP contribution in [0, 0.1) is 5.92 Å². The second-order valence-corrected chi connectivity index (χ2v) is 7.05. The molecule has 1 saturated carbocycles. The van der Waals surface area contributed by atoms with Gasteiger partial charge in [0.25, 0.3) is 0 Å². The first kappa shape index (κ1) is 16.1. The minimum Gasteiger partial charge on any atom is -0.356 e. The lowest BCUT2D eigenvalue weighted by Crippen LogP contribution is -2.44. The number of aromatic nitrogens is 1. The smallest absolute Gasteiger partial charge is 0.356 e. The first-order valence-electron chi connectivity index (χ1n) is 7.64. The molecule has 0 aromatic carbocycles. The lowest BCUT2D eigenvalue weighted by molar-refractivity contribution is -0.137. The van der Waals surface area contributed by atoms with Gasteiger partial charge in [-0.05, 0) is 60.1 Å². The van der Waals surface area contributed by atoms with Gasteiger partial charge in [0.15, 0.2) is 0 Å². The minimum absolute atomic E-state index is 0.0522. The molecule has 0 atom stereocenters. The molecule has 7 heteroatoms. The fourth-order valence-electron chi connectivity index (χ4n) is 2.84. The second-order valence-electron chi connectivity index (χ2n) is 6.14. The molecule has 22 heavy (non-hydrogen) atoms. The first-order chi connectivity index (χ1) is 10.4. The SMILES string of the molecule is FC(F)(F)c1cc(Br)cnc1N1CCC(NCC2CC2)CC1. The van der Waals surface area contributed by atoms with Gasteiger partial charge in [0.05, 0.1) is 5.56 Å². The van der Waals surface area contributed by atoms with E-state index < -0.39 is 11.7 Å². The van der Waals surface area contributed by atoms with Crippen molar-refractivity contribution in [3.05, 3.63) is 22.3 Å². The Balaban J connectivity index is 1.65. The van der Waals surface area contributed by atoms with E-state index in [1.807, 2.05) is 0 Å². The molecule has 1 aliphatic carbocycles. The summed E-state index contributed by atoms with van der Waals surface area (Å²) in [5.41, 5.74) is -0.661. The van der Waals surface area contributed by atoms with Gasteiger partial charge < -0.3 is 10.2 Å². The van der Waals surface area contributed by atoms with Crippen LogP contribution in [-0.2, 0) is 6.18 Å². The van der Waals surface area contributed by atoms with Crippen LogP contribution in [0.4, 0.5) is 19.0 Å². The van der Waals surface area contributed by atoms with Gasteiger partial charge >= 0.3 is 6.18 Å². The highest BCUT2D eigenvalue weighted by Crippen LogP contribution is 2.37. The van der Waals surface area contributed by atoms with Crippen molar-refractivity contribution in [3.8, 4) is 0 Å². The van der Waals surface area contributed by atoms with Crippen LogP contribution >= 0.6 is 15.9 Å². The Kier molecular flexibility index (Phi) is 4.64. The number of pyridine rings is 1. The van der Waals surface area contributed by atoms with Crippen LogP contribution in [0.25, 0.3) is 0 Å². The summed E-state index contributed by atoms with van der Waals surface area (Å²) in [6.45, 7) is 2.27. The highest BCUT2D eigenvalue weighted by molar-refractivity contribution is 9.10. The Morgan fingerprint density at radius 1 is 1.23 bits per heavy atom. The molecular weight excluding hydrogens is 359 g/mol. The van der Waals surface area contributed by atoms with Gasteiger partial charge in [-0.25, -0.2) is 4.98 Å². The maximum absolute atomic E-state index is 13.2. The van der Waals surface area contributed by atoms with E-state index >= 15 is 0 Å². The second kappa shape index (κ2) is 6.35. The Morgan fingerprint density at radius 2 is 1.91 bits per heavy atom. The number of alkyl halides is 3. The molecule has 1 saturated heterocycles. The molecule has 1 aliphatic heterocycles. The topological polar surface area (TPSA) is 28.2 Å². The summed E-state index contributed by atoms with van der Waals surface area (Å²) in [7, 11) is 0. The van der Waals surface area contributed by atoms with Crippen molar-refractivity contribution in [2.75, 3.05) is 24.5 Å². The average molecular weight is 378 g/mol. The number of halogens is 4. The van der Waals surface area contributed by atoms with E-state index in [1.54, 1.807) is 4.90 Å². The first-order valence-corrected chi connectivity index (χ1v) is 8.44. The summed E-state index contributed by atoms with van der Waals surface area (Å²) in [4.78, 5) is 5.77. The Hall–Kier alpha value is -0.820. The number of anilines is 1. The van der Waals surface area contributed by atoms with Crippen LogP contribution in [0.3, 0.4) is 0 Å². The zero-order valence-electron chi connectivity index (χ0n) is 12.2. The van der Waals surface area contributed by atoms with Gasteiger partial charge in [-0.15, -0.1) is 0 Å². The van der Waals surface area contributed by atoms with Crippen molar-refractivity contribution in [2.24, 2.45) is 5.92 Å². The van der Waals surface area contributed by atoms with Crippen molar-refractivity contribution < 1.29 is 13.2 Å². The van der Waals surface area contributed by atoms with E-state index in [9.17, 15) is 13.2 Å². The van der Waals surface area contributed by atoms with Gasteiger partial charge in [-0.3, -0.25) is 0 Å². The summed E-state index contributed by atoms with van der Waals surface area (Å²) >= 11 is 3.07. The normalized spacial score (nSPS) is 20.5. The molecule has 3 rings (SSSR count). The monoisotopic (exact) mass is 377 g/mol. The molecule has 2 aliphatic rings. The number of nitrogens with one attached hydrogen (secondary N) is 1. The van der Waals surface area contributed by atoms with E-state index in [1.165, 1.54) is 19.0 Å². The zero-order chi connectivity index (χ0) is 15.7. The van der Waals surface area contributed by atoms with E-state index in [4.69, 9.17) is 0 Å². The zero-order valence-corrected chi connectivity index (χ0v) is 13.8. The van der Waals surface area contributed by atoms with Crippen LogP contribution in [0.5, 0.6) is 0 Å². The molecule has 2 heterocycles. The average Bonchev–Trinajstić information content (AvgIpc) is 3.29. The van der Waals surface area contributed by atoms with Crippen molar-refractivity contribution in [1.82, 2.24) is 10.3 Å². The molecule has 0 bridgehead atoms. The standard InChI is InChI=1S/C15H19BrF3N3/c16-11-7-13(15(17,18)19)14(21-9-11)22-5-3-12(4-6-22)20-8-10-1-2-10/h7,9-10,12,20H,1-6,8H2. The van der Waals surface area contributed by atoms with E-state index in [0.29, 0.717) is 23.6 Å². The fourth-order valence-corrected chi connectivity index (χ4v) is 3.17. The van der Waals surface area contributed by atoms with Crippen LogP contribution in [0.15, 0.2) is 16.7 Å². The molecule has 1 aromatic heterocycles. The number of hydrogen-bond donors (Lipinski definition) is 1. The minimum atomic E-state index is -4.38. The molecule has 0 amide bonds. The summed E-state index contributed by atoms with van der Waals surface area (Å²) in [5.74, 6) is 0.874. The van der Waals surface area contributed by atoms with E-state index in [0.717, 1.165) is 31.4 Å². The lowest BCUT2D eigenvalue weighted by Gasteiger charge is -2.34. The highest BCUT2D eigenvalue weighted by Gasteiger charge is 2.37. The van der Waals surface area contributed by atoms with Crippen molar-refractivity contribution in [2.45, 2.75) is 37.9 Å². The molecule has 0 unspecified atom stereocenters. The van der Waals surface area contributed by atoms with Gasteiger partial charge in [0.1, 0.15) is 5.82 Å². The highest BCUT2D eigenvalue weighted by atomic mass is 79.9. The molecule has 1 N–H and O–H groups in total. The van der Waals surface area contributed by atoms with Crippen molar-refractivity contribution in [3.63, 3.8) is 0 Å². The summed E-state index contributed by atoms with van der Waals surface area (Å²) in [6, 6.07) is 1.53. The molecule has 1 aromatic rings. The van der Waals surface area contributed by atoms with Crippen LogP contribution in [0.1, 0.15) is 31.2 Å². The molecular formula is C15H19BrF3N3. The van der Waals surface area contributed by atoms with E-state index in [-0.39, 0.29) is 5.82 Å². The van der Waals surface area contributed by atoms with Crippen molar-refractivity contribution >= 4 is 21.7 Å². The summed E-state index contributed by atoms with van der Waals surface area (Å²) < 4.78 is 39.9. The van der Waals surface area contributed by atoms with Gasteiger partial charge in [-0.1, -0.05) is 0 Å². The molecule has 0 spiro atoms. The number of rotatable bonds is 4. The molecule has 122 valence electrons. The summed E-state index contributed by atoms with van der Waals surface area (Å²) in [6.07, 6.45) is 1.39. The van der Waals surface area contributed by atoms with Crippen LogP contribution < -0.4 is 10.2 Å². The molecule has 3 nitrogen and oxygen atoms in total. The van der Waals surface area contributed by atoms with Crippen LogP contribution in [0.2, 0.25) is 0 Å². The molecule has 2 fully saturated rings. The van der Waals surface area contributed by atoms with Gasteiger partial charge in [-0.2, -0.15) is 13.2 Å². The number of nitrogens with zero attached hydrogens (tertiary/aromatic N) is 2. The summed E-state index contributed by atoms with van der Waals surface area (Å²) in [5, 5.41) is 3.53. The van der Waals surface area contributed by atoms with Crippen LogP contribution in [-0.4, -0.2) is 30.7 Å². The van der Waals surface area contributed by atoms with E-state index in [2.05, 4.69) is 26.2 Å². The number of piperidine rings is 1. The lowest BCUT2D eigenvalue weighted by atomic mass is 10.0. The fraction of sp³-hybridized carbons (Fsp3) is 0.667. The van der Waals surface area contributed by atoms with Gasteiger partial charge in [0.2, 0.25) is 0 Å². The maximum Gasteiger partial charge on any atom is 0.419 e. The third-order valence-electron chi connectivity index (χ3n) is 4.33. The van der Waals surface area contributed by atoms with Crippen molar-refractivity contribution in [1.29, 1.82) is 0 Å². The maximum atomic E-state index is 13.2. The quantitative estimate of drug-likeness (QED) is 0.863. The molecule has 0 radical (unpaired) electrons. The Morgan fingerprint density at radius 3 is 2.50 bits per heavy atom. The Bertz CT molecular complexity index is 523.